The molecular formula is C19H18O4S2. The highest BCUT2D eigenvalue weighted by Crippen LogP contribution is 2.48. The van der Waals surface area contributed by atoms with Gasteiger partial charge in [-0.25, -0.2) is 16.8 Å². The minimum Gasteiger partial charge on any atom is -0.223 e. The Morgan fingerprint density at radius 1 is 0.600 bits per heavy atom. The van der Waals surface area contributed by atoms with Crippen LogP contribution in [0.4, 0.5) is 0 Å². The number of rotatable bonds is 4. The molecule has 4 rings (SSSR count). The Morgan fingerprint density at radius 2 is 0.960 bits per heavy atom. The van der Waals surface area contributed by atoms with Crippen molar-refractivity contribution in [2.75, 3.05) is 0 Å². The normalized spacial score (nSPS) is 28.3. The van der Waals surface area contributed by atoms with E-state index in [-0.39, 0.29) is 21.6 Å². The van der Waals surface area contributed by atoms with Gasteiger partial charge in [-0.05, 0) is 42.5 Å². The molecule has 0 radical (unpaired) electrons. The molecule has 0 spiro atoms. The highest BCUT2D eigenvalue weighted by molar-refractivity contribution is 7.96. The second-order valence-electron chi connectivity index (χ2n) is 6.59. The summed E-state index contributed by atoms with van der Waals surface area (Å²) in [7, 11) is -7.48. The van der Waals surface area contributed by atoms with Crippen LogP contribution in [0.5, 0.6) is 0 Å². The van der Waals surface area contributed by atoms with Crippen LogP contribution in [0.25, 0.3) is 0 Å². The molecule has 1 fully saturated rings. The number of benzene rings is 2. The van der Waals surface area contributed by atoms with E-state index in [4.69, 9.17) is 0 Å². The standard InChI is InChI=1S/C19H18O4S2/c20-24(21,16-7-3-1-4-8-16)18-14-11-12-15(13-14)19(18)25(22,23)17-9-5-2-6-10-17/h1-12,14-15,18-19H,13H2/t14-,15-,18+,19+/m0/s1. The zero-order chi connectivity index (χ0) is 17.7. The lowest BCUT2D eigenvalue weighted by molar-refractivity contribution is 0.540. The molecule has 0 heterocycles. The van der Waals surface area contributed by atoms with Crippen LogP contribution in [0.15, 0.2) is 82.6 Å². The first kappa shape index (κ1) is 16.5. The fourth-order valence-corrected chi connectivity index (χ4v) is 9.09. The minimum absolute atomic E-state index is 0.189. The predicted molar refractivity (Wildman–Crippen MR) is 95.6 cm³/mol. The predicted octanol–water partition coefficient (Wildman–Crippen LogP) is 2.88. The Kier molecular flexibility index (Phi) is 3.85. The van der Waals surface area contributed by atoms with E-state index in [9.17, 15) is 16.8 Å². The molecule has 25 heavy (non-hydrogen) atoms. The Morgan fingerprint density at radius 3 is 1.32 bits per heavy atom. The molecule has 6 heteroatoms. The Balaban J connectivity index is 1.84. The van der Waals surface area contributed by atoms with Crippen molar-refractivity contribution in [3.63, 3.8) is 0 Å². The summed E-state index contributed by atoms with van der Waals surface area (Å²) in [5, 5.41) is -1.87. The van der Waals surface area contributed by atoms with E-state index in [1.54, 1.807) is 36.4 Å². The van der Waals surface area contributed by atoms with Gasteiger partial charge in [-0.15, -0.1) is 0 Å². The molecule has 2 aliphatic rings. The maximum absolute atomic E-state index is 13.2. The van der Waals surface area contributed by atoms with Crippen molar-refractivity contribution in [3.8, 4) is 0 Å². The summed E-state index contributed by atoms with van der Waals surface area (Å²) in [6.07, 6.45) is 4.31. The molecule has 2 bridgehead atoms. The van der Waals surface area contributed by atoms with Crippen LogP contribution >= 0.6 is 0 Å². The Hall–Kier alpha value is -1.92. The summed E-state index contributed by atoms with van der Waals surface area (Å²) < 4.78 is 52.9. The smallest absolute Gasteiger partial charge is 0.183 e. The lowest BCUT2D eigenvalue weighted by Crippen LogP contribution is -2.42. The van der Waals surface area contributed by atoms with E-state index in [0.717, 1.165) is 0 Å². The number of allylic oxidation sites excluding steroid dienone is 2. The van der Waals surface area contributed by atoms with Crippen molar-refractivity contribution < 1.29 is 16.8 Å². The van der Waals surface area contributed by atoms with E-state index in [2.05, 4.69) is 0 Å². The number of sulfone groups is 2. The average molecular weight is 374 g/mol. The third kappa shape index (κ3) is 2.55. The van der Waals surface area contributed by atoms with Gasteiger partial charge in [0.1, 0.15) is 0 Å². The van der Waals surface area contributed by atoms with Crippen LogP contribution in [-0.4, -0.2) is 27.3 Å². The molecule has 0 amide bonds. The van der Waals surface area contributed by atoms with E-state index >= 15 is 0 Å². The van der Waals surface area contributed by atoms with Gasteiger partial charge in [-0.1, -0.05) is 48.6 Å². The summed E-state index contributed by atoms with van der Waals surface area (Å²) in [6.45, 7) is 0. The topological polar surface area (TPSA) is 68.3 Å². The Bertz CT molecular complexity index is 926. The summed E-state index contributed by atoms with van der Waals surface area (Å²) >= 11 is 0. The second kappa shape index (κ2) is 5.81. The molecule has 0 aliphatic heterocycles. The molecule has 0 saturated heterocycles. The van der Waals surface area contributed by atoms with Crippen molar-refractivity contribution in [1.82, 2.24) is 0 Å². The van der Waals surface area contributed by atoms with Gasteiger partial charge in [-0.2, -0.15) is 0 Å². The van der Waals surface area contributed by atoms with Crippen LogP contribution in [-0.2, 0) is 19.7 Å². The molecular weight excluding hydrogens is 356 g/mol. The molecule has 0 aromatic heterocycles. The molecule has 4 nitrogen and oxygen atoms in total. The summed E-state index contributed by atoms with van der Waals surface area (Å²) in [6, 6.07) is 16.3. The fourth-order valence-electron chi connectivity index (χ4n) is 4.08. The molecule has 0 N–H and O–H groups in total. The Labute approximate surface area is 148 Å². The van der Waals surface area contributed by atoms with E-state index in [1.807, 2.05) is 12.2 Å². The monoisotopic (exact) mass is 374 g/mol. The summed E-state index contributed by atoms with van der Waals surface area (Å²) in [5.41, 5.74) is 0. The van der Waals surface area contributed by atoms with Crippen molar-refractivity contribution in [3.05, 3.63) is 72.8 Å². The third-order valence-corrected chi connectivity index (χ3v) is 9.93. The summed E-state index contributed by atoms with van der Waals surface area (Å²) in [4.78, 5) is 0.378. The first-order valence-corrected chi connectivity index (χ1v) is 11.3. The maximum Gasteiger partial charge on any atom is 0.183 e. The van der Waals surface area contributed by atoms with Gasteiger partial charge in [-0.3, -0.25) is 0 Å². The summed E-state index contributed by atoms with van der Waals surface area (Å²) in [5.74, 6) is -0.502. The number of fused-ring (bicyclic) bond motifs is 2. The van der Waals surface area contributed by atoms with E-state index in [1.165, 1.54) is 24.3 Å². The minimum atomic E-state index is -3.74. The van der Waals surface area contributed by atoms with Crippen molar-refractivity contribution in [2.24, 2.45) is 11.8 Å². The van der Waals surface area contributed by atoms with Crippen LogP contribution < -0.4 is 0 Å². The molecule has 2 aliphatic carbocycles. The molecule has 4 atom stereocenters. The van der Waals surface area contributed by atoms with Gasteiger partial charge in [0.2, 0.25) is 0 Å². The maximum atomic E-state index is 13.2. The van der Waals surface area contributed by atoms with Crippen LogP contribution in [0.1, 0.15) is 6.42 Å². The van der Waals surface area contributed by atoms with E-state index in [0.29, 0.717) is 6.42 Å². The van der Waals surface area contributed by atoms with Crippen LogP contribution in [0, 0.1) is 11.8 Å². The largest absolute Gasteiger partial charge is 0.223 e. The van der Waals surface area contributed by atoms with Crippen molar-refractivity contribution in [1.29, 1.82) is 0 Å². The fraction of sp³-hybridized carbons (Fsp3) is 0.263. The zero-order valence-electron chi connectivity index (χ0n) is 13.4. The first-order chi connectivity index (χ1) is 11.9. The molecule has 1 saturated carbocycles. The number of hydrogen-bond acceptors (Lipinski definition) is 4. The first-order valence-electron chi connectivity index (χ1n) is 8.18. The van der Waals surface area contributed by atoms with Crippen molar-refractivity contribution >= 4 is 19.7 Å². The van der Waals surface area contributed by atoms with Gasteiger partial charge < -0.3 is 0 Å². The SMILES string of the molecule is O=S(=O)(c1ccccc1)[C@H]1[C@H](S(=O)(=O)c2ccccc2)[C@H]2C=C[C@H]1C2. The molecule has 2 aromatic rings. The highest BCUT2D eigenvalue weighted by atomic mass is 32.2. The average Bonchev–Trinajstić information content (AvgIpc) is 3.25. The van der Waals surface area contributed by atoms with Gasteiger partial charge in [0.15, 0.2) is 19.7 Å². The van der Waals surface area contributed by atoms with Crippen LogP contribution in [0.2, 0.25) is 0 Å². The second-order valence-corrected chi connectivity index (χ2v) is 10.8. The zero-order valence-corrected chi connectivity index (χ0v) is 15.0. The highest BCUT2D eigenvalue weighted by Gasteiger charge is 2.56. The number of hydrogen-bond donors (Lipinski definition) is 0. The lowest BCUT2D eigenvalue weighted by atomic mass is 10.1. The van der Waals surface area contributed by atoms with Gasteiger partial charge in [0.25, 0.3) is 0 Å². The van der Waals surface area contributed by atoms with Crippen LogP contribution in [0.3, 0.4) is 0 Å². The molecule has 130 valence electrons. The quantitative estimate of drug-likeness (QED) is 0.772. The third-order valence-electron chi connectivity index (χ3n) is 5.18. The molecule has 2 aromatic carbocycles. The van der Waals surface area contributed by atoms with Gasteiger partial charge in [0, 0.05) is 0 Å². The lowest BCUT2D eigenvalue weighted by Gasteiger charge is -2.27. The van der Waals surface area contributed by atoms with Gasteiger partial charge >= 0.3 is 0 Å². The molecule has 0 unspecified atom stereocenters. The van der Waals surface area contributed by atoms with Gasteiger partial charge in [0.05, 0.1) is 20.3 Å². The van der Waals surface area contributed by atoms with Crippen molar-refractivity contribution in [2.45, 2.75) is 26.7 Å². The van der Waals surface area contributed by atoms with E-state index < -0.39 is 30.2 Å².